The molecule has 1 aliphatic rings. The van der Waals surface area contributed by atoms with Crippen LogP contribution in [-0.2, 0) is 6.42 Å². The fraction of sp³-hybridized carbons (Fsp3) is 0.333. The van der Waals surface area contributed by atoms with Crippen molar-refractivity contribution in [1.82, 2.24) is 0 Å². The molecule has 27 heavy (non-hydrogen) atoms. The summed E-state index contributed by atoms with van der Waals surface area (Å²) in [4.78, 5) is 0. The van der Waals surface area contributed by atoms with Crippen LogP contribution in [0.2, 0.25) is 0 Å². The minimum absolute atomic E-state index is 0.531. The van der Waals surface area contributed by atoms with Gasteiger partial charge in [0.2, 0.25) is 5.75 Å². The van der Waals surface area contributed by atoms with Crippen molar-refractivity contribution >= 4 is 11.3 Å². The number of hydrogen-bond acceptors (Lipinski definition) is 6. The number of benzene rings is 2. The lowest BCUT2D eigenvalue weighted by Crippen LogP contribution is -2.04. The molecule has 2 aromatic carbocycles. The van der Waals surface area contributed by atoms with Crippen molar-refractivity contribution in [2.24, 2.45) is 0 Å². The molecule has 2 aromatic rings. The summed E-state index contributed by atoms with van der Waals surface area (Å²) >= 11 is 0. The highest BCUT2D eigenvalue weighted by Crippen LogP contribution is 2.47. The van der Waals surface area contributed by atoms with Gasteiger partial charge in [-0.2, -0.15) is 0 Å². The summed E-state index contributed by atoms with van der Waals surface area (Å²) in [6, 6.07) is 7.50. The highest BCUT2D eigenvalue weighted by atomic mass is 16.5. The number of rotatable bonds is 5. The van der Waals surface area contributed by atoms with Crippen LogP contribution in [-0.4, -0.2) is 39.6 Å². The molecule has 1 aliphatic carbocycles. The number of hydrogen-bond donors (Lipinski definition) is 2. The molecular weight excluding hydrogens is 346 g/mol. The Morgan fingerprint density at radius 1 is 0.926 bits per heavy atom. The molecule has 0 aliphatic heterocycles. The van der Waals surface area contributed by atoms with Crippen LogP contribution in [0.15, 0.2) is 30.3 Å². The molecule has 1 atom stereocenters. The van der Waals surface area contributed by atoms with E-state index in [1.807, 2.05) is 30.3 Å². The van der Waals surface area contributed by atoms with Crippen molar-refractivity contribution in [3.05, 3.63) is 47.0 Å². The Morgan fingerprint density at radius 3 is 2.22 bits per heavy atom. The first-order chi connectivity index (χ1) is 13.0. The number of aliphatic hydroxyl groups is 1. The van der Waals surface area contributed by atoms with Crippen LogP contribution in [0.5, 0.6) is 23.0 Å². The summed E-state index contributed by atoms with van der Waals surface area (Å²) in [5.41, 5.74) is 10.3. The minimum Gasteiger partial charge on any atom is -0.495 e. The topological polar surface area (TPSA) is 83.2 Å². The first kappa shape index (κ1) is 18.9. The SMILES string of the molecule is COc1ccc(C2=CC(O)CCc3c2cc(OC)c(OC)c3OC)cc1N. The zero-order valence-electron chi connectivity index (χ0n) is 16.0. The van der Waals surface area contributed by atoms with E-state index in [9.17, 15) is 5.11 Å². The Labute approximate surface area is 159 Å². The van der Waals surface area contributed by atoms with Crippen molar-refractivity contribution < 1.29 is 24.1 Å². The maximum Gasteiger partial charge on any atom is 0.203 e. The van der Waals surface area contributed by atoms with Crippen LogP contribution in [0, 0.1) is 0 Å². The molecule has 144 valence electrons. The quantitative estimate of drug-likeness (QED) is 0.786. The molecule has 0 bridgehead atoms. The molecule has 0 saturated carbocycles. The van der Waals surface area contributed by atoms with E-state index in [0.717, 1.165) is 22.3 Å². The Balaban J connectivity index is 2.26. The average Bonchev–Trinajstić information content (AvgIpc) is 2.85. The summed E-state index contributed by atoms with van der Waals surface area (Å²) in [6.07, 6.45) is 2.48. The van der Waals surface area contributed by atoms with Gasteiger partial charge in [0.05, 0.1) is 40.2 Å². The second-order valence-corrected chi connectivity index (χ2v) is 6.31. The van der Waals surface area contributed by atoms with Gasteiger partial charge in [-0.05, 0) is 53.8 Å². The molecule has 3 N–H and O–H groups in total. The van der Waals surface area contributed by atoms with Crippen LogP contribution < -0.4 is 24.7 Å². The Morgan fingerprint density at radius 2 is 1.63 bits per heavy atom. The number of nitrogens with two attached hydrogens (primary N) is 1. The van der Waals surface area contributed by atoms with Gasteiger partial charge in [-0.25, -0.2) is 0 Å². The largest absolute Gasteiger partial charge is 0.495 e. The highest BCUT2D eigenvalue weighted by molar-refractivity contribution is 5.86. The zero-order valence-corrected chi connectivity index (χ0v) is 16.0. The predicted molar refractivity (Wildman–Crippen MR) is 105 cm³/mol. The van der Waals surface area contributed by atoms with Gasteiger partial charge >= 0.3 is 0 Å². The molecule has 3 rings (SSSR count). The summed E-state index contributed by atoms with van der Waals surface area (Å²) in [7, 11) is 6.36. The Kier molecular flexibility index (Phi) is 5.46. The zero-order chi connectivity index (χ0) is 19.6. The van der Waals surface area contributed by atoms with Crippen LogP contribution in [0.3, 0.4) is 0 Å². The summed E-state index contributed by atoms with van der Waals surface area (Å²) in [6.45, 7) is 0. The average molecular weight is 371 g/mol. The Hall–Kier alpha value is -2.86. The van der Waals surface area contributed by atoms with Crippen molar-refractivity contribution in [3.8, 4) is 23.0 Å². The first-order valence-corrected chi connectivity index (χ1v) is 8.70. The van der Waals surface area contributed by atoms with Crippen molar-refractivity contribution in [2.45, 2.75) is 18.9 Å². The smallest absolute Gasteiger partial charge is 0.203 e. The number of methoxy groups -OCH3 is 4. The number of aliphatic hydroxyl groups excluding tert-OH is 1. The lowest BCUT2D eigenvalue weighted by atomic mass is 9.92. The standard InChI is InChI=1S/C21H25NO5/c1-24-18-8-5-12(9-17(18)22)15-10-13(23)6-7-14-16(15)11-19(25-2)21(27-4)20(14)26-3/h5,8-11,13,23H,6-7,22H2,1-4H3. The molecule has 0 aromatic heterocycles. The second kappa shape index (κ2) is 7.80. The normalized spacial score (nSPS) is 16.0. The molecule has 0 saturated heterocycles. The van der Waals surface area contributed by atoms with E-state index in [1.165, 1.54) is 0 Å². The molecule has 0 fully saturated rings. The third kappa shape index (κ3) is 3.40. The van der Waals surface area contributed by atoms with Gasteiger partial charge in [0.15, 0.2) is 11.5 Å². The second-order valence-electron chi connectivity index (χ2n) is 6.31. The molecule has 0 amide bonds. The third-order valence-corrected chi connectivity index (χ3v) is 4.81. The van der Waals surface area contributed by atoms with Gasteiger partial charge < -0.3 is 29.8 Å². The Bertz CT molecular complexity index is 875. The third-order valence-electron chi connectivity index (χ3n) is 4.81. The first-order valence-electron chi connectivity index (χ1n) is 8.70. The molecule has 0 radical (unpaired) electrons. The lowest BCUT2D eigenvalue weighted by Gasteiger charge is -2.20. The maximum absolute atomic E-state index is 10.4. The van der Waals surface area contributed by atoms with Crippen LogP contribution in [0.1, 0.15) is 23.1 Å². The predicted octanol–water partition coefficient (Wildman–Crippen LogP) is 3.04. The molecular formula is C21H25NO5. The van der Waals surface area contributed by atoms with E-state index in [4.69, 9.17) is 24.7 Å². The van der Waals surface area contributed by atoms with Crippen LogP contribution in [0.4, 0.5) is 5.69 Å². The van der Waals surface area contributed by atoms with Crippen molar-refractivity contribution in [3.63, 3.8) is 0 Å². The van der Waals surface area contributed by atoms with E-state index in [1.54, 1.807) is 28.4 Å². The number of fused-ring (bicyclic) bond motifs is 1. The lowest BCUT2D eigenvalue weighted by molar-refractivity contribution is 0.214. The molecule has 1 unspecified atom stereocenters. The van der Waals surface area contributed by atoms with Gasteiger partial charge in [-0.1, -0.05) is 6.07 Å². The van der Waals surface area contributed by atoms with Crippen molar-refractivity contribution in [1.29, 1.82) is 0 Å². The van der Waals surface area contributed by atoms with Crippen molar-refractivity contribution in [2.75, 3.05) is 34.2 Å². The minimum atomic E-state index is -0.586. The van der Waals surface area contributed by atoms with Gasteiger partial charge in [0.1, 0.15) is 5.75 Å². The van der Waals surface area contributed by atoms with E-state index in [0.29, 0.717) is 41.5 Å². The molecule has 0 heterocycles. The van der Waals surface area contributed by atoms with E-state index in [-0.39, 0.29) is 0 Å². The van der Waals surface area contributed by atoms with Gasteiger partial charge in [-0.3, -0.25) is 0 Å². The van der Waals surface area contributed by atoms with E-state index >= 15 is 0 Å². The highest BCUT2D eigenvalue weighted by Gasteiger charge is 2.26. The maximum atomic E-state index is 10.4. The van der Waals surface area contributed by atoms with E-state index < -0.39 is 6.10 Å². The van der Waals surface area contributed by atoms with Gasteiger partial charge in [0.25, 0.3) is 0 Å². The summed E-state index contributed by atoms with van der Waals surface area (Å²) in [5.74, 6) is 2.34. The summed E-state index contributed by atoms with van der Waals surface area (Å²) in [5, 5.41) is 10.4. The number of ether oxygens (including phenoxy) is 4. The monoisotopic (exact) mass is 371 g/mol. The van der Waals surface area contributed by atoms with Crippen LogP contribution >= 0.6 is 0 Å². The van der Waals surface area contributed by atoms with Gasteiger partial charge in [-0.15, -0.1) is 0 Å². The number of anilines is 1. The fourth-order valence-electron chi connectivity index (χ4n) is 3.52. The molecule has 6 nitrogen and oxygen atoms in total. The molecule has 6 heteroatoms. The van der Waals surface area contributed by atoms with Gasteiger partial charge in [0, 0.05) is 5.56 Å². The fourth-order valence-corrected chi connectivity index (χ4v) is 3.52. The van der Waals surface area contributed by atoms with E-state index in [2.05, 4.69) is 0 Å². The molecule has 0 spiro atoms. The summed E-state index contributed by atoms with van der Waals surface area (Å²) < 4.78 is 21.9. The van der Waals surface area contributed by atoms with Crippen LogP contribution in [0.25, 0.3) is 5.57 Å². The number of nitrogen functional groups attached to an aromatic ring is 1.